The van der Waals surface area contributed by atoms with Gasteiger partial charge < -0.3 is 21.3 Å². The molecule has 1 aliphatic rings. The predicted octanol–water partition coefficient (Wildman–Crippen LogP) is 2.42. The van der Waals surface area contributed by atoms with Crippen LogP contribution < -0.4 is 21.3 Å². The van der Waals surface area contributed by atoms with Gasteiger partial charge in [0.1, 0.15) is 11.9 Å². The molecule has 1 atom stereocenters. The number of nitrogens with one attached hydrogen (secondary N) is 2. The highest BCUT2D eigenvalue weighted by Crippen LogP contribution is 2.24. The molecule has 136 valence electrons. The van der Waals surface area contributed by atoms with Crippen LogP contribution in [0.3, 0.4) is 0 Å². The fraction of sp³-hybridized carbons (Fsp3) is 0.421. The Morgan fingerprint density at radius 1 is 1.35 bits per heavy atom. The summed E-state index contributed by atoms with van der Waals surface area (Å²) >= 11 is 0. The Balaban J connectivity index is 1.87. The van der Waals surface area contributed by atoms with Gasteiger partial charge in [-0.05, 0) is 38.1 Å². The number of nitriles is 1. The third-order valence-corrected chi connectivity index (χ3v) is 4.62. The summed E-state index contributed by atoms with van der Waals surface area (Å²) in [6.45, 7) is 4.06. The average molecular weight is 351 g/mol. The minimum Gasteiger partial charge on any atom is -0.398 e. The van der Waals surface area contributed by atoms with Crippen LogP contribution in [0.5, 0.6) is 0 Å². The summed E-state index contributed by atoms with van der Waals surface area (Å²) in [6.07, 6.45) is 3.03. The lowest BCUT2D eigenvalue weighted by molar-refractivity contribution is 0.616. The van der Waals surface area contributed by atoms with Gasteiger partial charge in [-0.15, -0.1) is 0 Å². The molecule has 0 bridgehead atoms. The Hall–Kier alpha value is -2.85. The van der Waals surface area contributed by atoms with Crippen molar-refractivity contribution in [1.82, 2.24) is 15.3 Å². The number of anilines is 4. The van der Waals surface area contributed by atoms with Crippen molar-refractivity contribution in [2.75, 3.05) is 36.1 Å². The number of nitrogens with zero attached hydrogens (tertiary/aromatic N) is 4. The molecule has 2 heterocycles. The van der Waals surface area contributed by atoms with Crippen LogP contribution in [0.2, 0.25) is 0 Å². The number of benzene rings is 1. The maximum absolute atomic E-state index is 9.16. The number of nitrogen functional groups attached to an aromatic ring is 1. The summed E-state index contributed by atoms with van der Waals surface area (Å²) in [6, 6.07) is 9.94. The first kappa shape index (κ1) is 18.0. The van der Waals surface area contributed by atoms with Gasteiger partial charge in [-0.2, -0.15) is 10.2 Å². The highest BCUT2D eigenvalue weighted by molar-refractivity contribution is 5.65. The van der Waals surface area contributed by atoms with E-state index in [2.05, 4.69) is 39.6 Å². The molecule has 1 aliphatic heterocycles. The molecule has 2 aromatic rings. The molecule has 1 saturated heterocycles. The fourth-order valence-electron chi connectivity index (χ4n) is 3.15. The highest BCUT2D eigenvalue weighted by atomic mass is 15.3. The van der Waals surface area contributed by atoms with Crippen molar-refractivity contribution in [2.45, 2.75) is 32.2 Å². The Kier molecular flexibility index (Phi) is 5.54. The van der Waals surface area contributed by atoms with Gasteiger partial charge in [0.05, 0.1) is 5.56 Å². The first-order valence-corrected chi connectivity index (χ1v) is 8.99. The summed E-state index contributed by atoms with van der Waals surface area (Å²) in [5.74, 6) is 1.49. The van der Waals surface area contributed by atoms with E-state index in [0.717, 1.165) is 49.6 Å². The van der Waals surface area contributed by atoms with Crippen molar-refractivity contribution in [3.05, 3.63) is 35.5 Å². The van der Waals surface area contributed by atoms with Crippen molar-refractivity contribution in [3.63, 3.8) is 0 Å². The van der Waals surface area contributed by atoms with Crippen LogP contribution >= 0.6 is 0 Å². The molecule has 1 unspecified atom stereocenters. The normalized spacial score (nSPS) is 16.5. The van der Waals surface area contributed by atoms with Gasteiger partial charge in [0.25, 0.3) is 0 Å². The molecular formula is C19H25N7. The van der Waals surface area contributed by atoms with Crippen molar-refractivity contribution in [2.24, 2.45) is 0 Å². The Labute approximate surface area is 154 Å². The van der Waals surface area contributed by atoms with E-state index in [4.69, 9.17) is 16.0 Å². The quantitative estimate of drug-likeness (QED) is 0.687. The van der Waals surface area contributed by atoms with E-state index < -0.39 is 0 Å². The van der Waals surface area contributed by atoms with E-state index in [1.807, 2.05) is 13.1 Å². The monoisotopic (exact) mass is 351 g/mol. The second kappa shape index (κ2) is 8.02. The molecule has 3 rings (SSSR count). The molecule has 0 amide bonds. The van der Waals surface area contributed by atoms with Gasteiger partial charge >= 0.3 is 0 Å². The minimum atomic E-state index is 0.441. The van der Waals surface area contributed by atoms with Crippen LogP contribution in [0.1, 0.15) is 31.0 Å². The number of nitrogens with two attached hydrogens (primary N) is 1. The largest absolute Gasteiger partial charge is 0.398 e. The number of likely N-dealkylation sites (N-methyl/N-ethyl adjacent to an activating group) is 1. The van der Waals surface area contributed by atoms with Gasteiger partial charge in [-0.1, -0.05) is 13.3 Å². The molecule has 26 heavy (non-hydrogen) atoms. The summed E-state index contributed by atoms with van der Waals surface area (Å²) in [4.78, 5) is 11.6. The topological polar surface area (TPSA) is 103 Å². The number of hydrogen-bond donors (Lipinski definition) is 3. The van der Waals surface area contributed by atoms with E-state index in [1.165, 1.54) is 0 Å². The zero-order chi connectivity index (χ0) is 18.5. The first-order chi connectivity index (χ1) is 12.6. The van der Waals surface area contributed by atoms with Gasteiger partial charge in [0.15, 0.2) is 0 Å². The summed E-state index contributed by atoms with van der Waals surface area (Å²) < 4.78 is 0. The molecule has 7 nitrogen and oxygen atoms in total. The standard InChI is InChI=1S/C19H25N7/c1-3-4-14-10-18(26-8-7-16(12-26)22-2)25-19(23-14)24-15-5-6-17(21)13(9-15)11-20/h5-6,9-10,16,22H,3-4,7-8,12,21H2,1-2H3,(H,23,24,25). The van der Waals surface area contributed by atoms with E-state index in [0.29, 0.717) is 23.2 Å². The third-order valence-electron chi connectivity index (χ3n) is 4.62. The molecule has 1 fully saturated rings. The second-order valence-electron chi connectivity index (χ2n) is 6.55. The third kappa shape index (κ3) is 4.03. The van der Waals surface area contributed by atoms with Gasteiger partial charge in [0.2, 0.25) is 5.95 Å². The van der Waals surface area contributed by atoms with Crippen molar-refractivity contribution < 1.29 is 0 Å². The Bertz CT molecular complexity index is 812. The maximum Gasteiger partial charge on any atom is 0.229 e. The average Bonchev–Trinajstić information content (AvgIpc) is 3.13. The van der Waals surface area contributed by atoms with Gasteiger partial charge in [-0.25, -0.2) is 4.98 Å². The highest BCUT2D eigenvalue weighted by Gasteiger charge is 2.23. The number of aromatic nitrogens is 2. The van der Waals surface area contributed by atoms with Crippen LogP contribution in [-0.2, 0) is 6.42 Å². The fourth-order valence-corrected chi connectivity index (χ4v) is 3.15. The van der Waals surface area contributed by atoms with Crippen LogP contribution in [-0.4, -0.2) is 36.1 Å². The molecule has 0 radical (unpaired) electrons. The Morgan fingerprint density at radius 3 is 2.88 bits per heavy atom. The van der Waals surface area contributed by atoms with Gasteiger partial charge in [-0.3, -0.25) is 0 Å². The minimum absolute atomic E-state index is 0.441. The molecule has 0 aliphatic carbocycles. The van der Waals surface area contributed by atoms with E-state index in [9.17, 15) is 0 Å². The summed E-state index contributed by atoms with van der Waals surface area (Å²) in [5.41, 5.74) is 8.48. The first-order valence-electron chi connectivity index (χ1n) is 8.99. The van der Waals surface area contributed by atoms with E-state index >= 15 is 0 Å². The molecule has 0 spiro atoms. The van der Waals surface area contributed by atoms with Crippen molar-refractivity contribution >= 4 is 23.1 Å². The maximum atomic E-state index is 9.16. The van der Waals surface area contributed by atoms with Crippen LogP contribution in [0.4, 0.5) is 23.1 Å². The van der Waals surface area contributed by atoms with Crippen LogP contribution in [0.25, 0.3) is 0 Å². The molecule has 1 aromatic heterocycles. The van der Waals surface area contributed by atoms with Crippen molar-refractivity contribution in [3.8, 4) is 6.07 Å². The number of rotatable bonds is 6. The van der Waals surface area contributed by atoms with E-state index in [-0.39, 0.29) is 0 Å². The molecule has 0 saturated carbocycles. The number of hydrogen-bond acceptors (Lipinski definition) is 7. The van der Waals surface area contributed by atoms with Crippen LogP contribution in [0, 0.1) is 11.3 Å². The SMILES string of the molecule is CCCc1cc(N2CCC(NC)C2)nc(Nc2ccc(N)c(C#N)c2)n1. The molecular weight excluding hydrogens is 326 g/mol. The summed E-state index contributed by atoms with van der Waals surface area (Å²) in [7, 11) is 2.00. The number of aryl methyl sites for hydroxylation is 1. The lowest BCUT2D eigenvalue weighted by atomic mass is 10.2. The van der Waals surface area contributed by atoms with Crippen molar-refractivity contribution in [1.29, 1.82) is 5.26 Å². The summed E-state index contributed by atoms with van der Waals surface area (Å²) in [5, 5.41) is 15.7. The zero-order valence-electron chi connectivity index (χ0n) is 15.3. The molecule has 4 N–H and O–H groups in total. The molecule has 7 heteroatoms. The van der Waals surface area contributed by atoms with Gasteiger partial charge in [0, 0.05) is 42.3 Å². The lowest BCUT2D eigenvalue weighted by Gasteiger charge is -2.19. The van der Waals surface area contributed by atoms with Crippen LogP contribution in [0.15, 0.2) is 24.3 Å². The molecule has 1 aromatic carbocycles. The predicted molar refractivity (Wildman–Crippen MR) is 105 cm³/mol. The second-order valence-corrected chi connectivity index (χ2v) is 6.55. The Morgan fingerprint density at radius 2 is 2.19 bits per heavy atom. The lowest BCUT2D eigenvalue weighted by Crippen LogP contribution is -2.30. The van der Waals surface area contributed by atoms with E-state index in [1.54, 1.807) is 12.1 Å². The smallest absolute Gasteiger partial charge is 0.229 e. The zero-order valence-corrected chi connectivity index (χ0v) is 15.3.